The van der Waals surface area contributed by atoms with Crippen LogP contribution in [0.1, 0.15) is 37.8 Å². The molecule has 0 saturated carbocycles. The number of ether oxygens (including phenoxy) is 2. The van der Waals surface area contributed by atoms with Crippen molar-refractivity contribution >= 4 is 5.91 Å². The molecule has 0 bridgehead atoms. The van der Waals surface area contributed by atoms with E-state index in [9.17, 15) is 4.79 Å². The van der Waals surface area contributed by atoms with E-state index >= 15 is 0 Å². The van der Waals surface area contributed by atoms with E-state index in [1.807, 2.05) is 6.07 Å². The maximum atomic E-state index is 10.9. The lowest BCUT2D eigenvalue weighted by Crippen LogP contribution is -2.28. The molecule has 1 atom stereocenters. The molecule has 1 aromatic rings. The summed E-state index contributed by atoms with van der Waals surface area (Å²) in [4.78, 5) is 13.4. The summed E-state index contributed by atoms with van der Waals surface area (Å²) in [7, 11) is 0. The average molecular weight is 290 g/mol. The number of hydrogen-bond donors (Lipinski definition) is 1. The molecule has 1 unspecified atom stereocenters. The first-order valence-electron chi connectivity index (χ1n) is 7.62. The number of amides is 1. The minimum absolute atomic E-state index is 0.0451. The smallest absolute Gasteiger partial charge is 0.231 e. The highest BCUT2D eigenvalue weighted by molar-refractivity contribution is 5.72. The predicted molar refractivity (Wildman–Crippen MR) is 79.4 cm³/mol. The molecule has 0 spiro atoms. The van der Waals surface area contributed by atoms with Crippen LogP contribution >= 0.6 is 0 Å². The summed E-state index contributed by atoms with van der Waals surface area (Å²) < 4.78 is 10.8. The third-order valence-corrected chi connectivity index (χ3v) is 4.14. The van der Waals surface area contributed by atoms with Crippen molar-refractivity contribution in [3.05, 3.63) is 23.8 Å². The number of nitrogens with one attached hydrogen (secondary N) is 1. The summed E-state index contributed by atoms with van der Waals surface area (Å²) in [6.07, 6.45) is 3.39. The van der Waals surface area contributed by atoms with Crippen LogP contribution < -0.4 is 14.8 Å². The van der Waals surface area contributed by atoms with Gasteiger partial charge >= 0.3 is 0 Å². The van der Waals surface area contributed by atoms with Gasteiger partial charge in [0, 0.05) is 26.1 Å². The summed E-state index contributed by atoms with van der Waals surface area (Å²) in [6, 6.07) is 6.71. The van der Waals surface area contributed by atoms with E-state index in [2.05, 4.69) is 22.3 Å². The van der Waals surface area contributed by atoms with Gasteiger partial charge < -0.3 is 14.8 Å². The van der Waals surface area contributed by atoms with Crippen molar-refractivity contribution in [2.45, 2.75) is 32.2 Å². The molecule has 2 heterocycles. The van der Waals surface area contributed by atoms with Gasteiger partial charge in [0.25, 0.3) is 0 Å². The Bertz CT molecular complexity index is 518. The lowest BCUT2D eigenvalue weighted by molar-refractivity contribution is -0.118. The van der Waals surface area contributed by atoms with E-state index in [1.165, 1.54) is 18.4 Å². The molecule has 5 heteroatoms. The first-order chi connectivity index (χ1) is 10.2. The molecular formula is C16H22N2O3. The van der Waals surface area contributed by atoms with Gasteiger partial charge in [0.2, 0.25) is 12.7 Å². The van der Waals surface area contributed by atoms with Crippen molar-refractivity contribution in [3.63, 3.8) is 0 Å². The number of carbonyl (C=O) groups is 1. The third kappa shape index (κ3) is 3.29. The second-order valence-corrected chi connectivity index (χ2v) is 5.64. The van der Waals surface area contributed by atoms with Gasteiger partial charge in [-0.05, 0) is 43.5 Å². The van der Waals surface area contributed by atoms with Crippen molar-refractivity contribution in [1.29, 1.82) is 0 Å². The van der Waals surface area contributed by atoms with Crippen LogP contribution in [0.25, 0.3) is 0 Å². The van der Waals surface area contributed by atoms with Crippen LogP contribution in [0, 0.1) is 0 Å². The number of carbonyl (C=O) groups excluding carboxylic acids is 1. The quantitative estimate of drug-likeness (QED) is 0.844. The summed E-state index contributed by atoms with van der Waals surface area (Å²) in [5, 5.41) is 2.86. The Balaban J connectivity index is 1.60. The minimum atomic E-state index is 0.0451. The molecule has 1 saturated heterocycles. The van der Waals surface area contributed by atoms with Crippen LogP contribution in [0.3, 0.4) is 0 Å². The van der Waals surface area contributed by atoms with Crippen LogP contribution in [0.4, 0.5) is 0 Å². The van der Waals surface area contributed by atoms with Gasteiger partial charge in [-0.25, -0.2) is 0 Å². The van der Waals surface area contributed by atoms with Crippen molar-refractivity contribution in [2.24, 2.45) is 0 Å². The molecule has 21 heavy (non-hydrogen) atoms. The molecule has 114 valence electrons. The van der Waals surface area contributed by atoms with Gasteiger partial charge in [0.05, 0.1) is 0 Å². The molecule has 2 aliphatic rings. The molecule has 1 fully saturated rings. The van der Waals surface area contributed by atoms with Gasteiger partial charge in [0.15, 0.2) is 11.5 Å². The highest BCUT2D eigenvalue weighted by atomic mass is 16.7. The van der Waals surface area contributed by atoms with Crippen molar-refractivity contribution in [1.82, 2.24) is 10.2 Å². The van der Waals surface area contributed by atoms with Crippen molar-refractivity contribution in [3.8, 4) is 11.5 Å². The fourth-order valence-corrected chi connectivity index (χ4v) is 3.14. The van der Waals surface area contributed by atoms with Crippen LogP contribution in [0.5, 0.6) is 11.5 Å². The molecule has 2 aliphatic heterocycles. The van der Waals surface area contributed by atoms with E-state index in [4.69, 9.17) is 9.47 Å². The zero-order valence-electron chi connectivity index (χ0n) is 12.4. The number of likely N-dealkylation sites (tertiary alicyclic amines) is 1. The largest absolute Gasteiger partial charge is 0.454 e. The Kier molecular flexibility index (Phi) is 4.29. The Hall–Kier alpha value is -1.75. The van der Waals surface area contributed by atoms with Gasteiger partial charge in [-0.15, -0.1) is 0 Å². The number of benzene rings is 1. The van der Waals surface area contributed by atoms with Crippen LogP contribution in [0.15, 0.2) is 18.2 Å². The van der Waals surface area contributed by atoms with Crippen LogP contribution in [0.2, 0.25) is 0 Å². The molecule has 0 aromatic heterocycles. The van der Waals surface area contributed by atoms with E-state index in [0.717, 1.165) is 37.6 Å². The topological polar surface area (TPSA) is 50.8 Å². The molecule has 0 aliphatic carbocycles. The minimum Gasteiger partial charge on any atom is -0.454 e. The average Bonchev–Trinajstić information content (AvgIpc) is 3.11. The lowest BCUT2D eigenvalue weighted by atomic mass is 10.0. The molecule has 1 aromatic carbocycles. The highest BCUT2D eigenvalue weighted by Crippen LogP contribution is 2.38. The number of fused-ring (bicyclic) bond motifs is 1. The summed E-state index contributed by atoms with van der Waals surface area (Å²) in [5.41, 5.74) is 1.30. The van der Waals surface area contributed by atoms with Gasteiger partial charge in [-0.3, -0.25) is 9.69 Å². The number of hydrogen-bond acceptors (Lipinski definition) is 4. The van der Waals surface area contributed by atoms with Gasteiger partial charge in [0.1, 0.15) is 0 Å². The van der Waals surface area contributed by atoms with E-state index in [-0.39, 0.29) is 5.91 Å². The van der Waals surface area contributed by atoms with Gasteiger partial charge in [-0.2, -0.15) is 0 Å². The van der Waals surface area contributed by atoms with E-state index in [0.29, 0.717) is 12.8 Å². The second-order valence-electron chi connectivity index (χ2n) is 5.64. The second kappa shape index (κ2) is 6.35. The monoisotopic (exact) mass is 290 g/mol. The fourth-order valence-electron chi connectivity index (χ4n) is 3.14. The Morgan fingerprint density at radius 2 is 2.24 bits per heavy atom. The molecule has 1 amide bonds. The van der Waals surface area contributed by atoms with Crippen LogP contribution in [-0.4, -0.2) is 37.2 Å². The third-order valence-electron chi connectivity index (χ3n) is 4.14. The van der Waals surface area contributed by atoms with Crippen molar-refractivity contribution < 1.29 is 14.3 Å². The first-order valence-corrected chi connectivity index (χ1v) is 7.62. The lowest BCUT2D eigenvalue weighted by Gasteiger charge is -2.25. The Morgan fingerprint density at radius 1 is 1.38 bits per heavy atom. The predicted octanol–water partition coefficient (Wildman–Crippen LogP) is 2.08. The molecule has 3 rings (SSSR count). The summed E-state index contributed by atoms with van der Waals surface area (Å²) in [5.74, 6) is 1.75. The normalized spacial score (nSPS) is 20.7. The zero-order valence-corrected chi connectivity index (χ0v) is 12.4. The van der Waals surface area contributed by atoms with E-state index in [1.54, 1.807) is 6.92 Å². The standard InChI is InChI=1S/C16H22N2O3/c1-12(19)17-7-3-9-18-8-2-4-14(18)13-5-6-15-16(10-13)21-11-20-15/h5-6,10,14H,2-4,7-9,11H2,1H3,(H,17,19). The zero-order chi connectivity index (χ0) is 14.7. The number of nitrogens with zero attached hydrogens (tertiary/aromatic N) is 1. The van der Waals surface area contributed by atoms with E-state index < -0.39 is 0 Å². The first kappa shape index (κ1) is 14.2. The Labute approximate surface area is 125 Å². The number of rotatable bonds is 5. The summed E-state index contributed by atoms with van der Waals surface area (Å²) in [6.45, 7) is 4.77. The Morgan fingerprint density at radius 3 is 3.10 bits per heavy atom. The maximum Gasteiger partial charge on any atom is 0.231 e. The summed E-state index contributed by atoms with van der Waals surface area (Å²) >= 11 is 0. The maximum absolute atomic E-state index is 10.9. The molecular weight excluding hydrogens is 268 g/mol. The van der Waals surface area contributed by atoms with Crippen LogP contribution in [-0.2, 0) is 4.79 Å². The molecule has 1 N–H and O–H groups in total. The SMILES string of the molecule is CC(=O)NCCCN1CCCC1c1ccc2c(c1)OCO2. The fraction of sp³-hybridized carbons (Fsp3) is 0.562. The van der Waals surface area contributed by atoms with Gasteiger partial charge in [-0.1, -0.05) is 6.07 Å². The molecule has 5 nitrogen and oxygen atoms in total. The van der Waals surface area contributed by atoms with Crippen molar-refractivity contribution in [2.75, 3.05) is 26.4 Å². The molecule has 0 radical (unpaired) electrons. The highest BCUT2D eigenvalue weighted by Gasteiger charge is 2.27.